The summed E-state index contributed by atoms with van der Waals surface area (Å²) in [6.45, 7) is 7.58. The molecular formula is C29H37N5O6. The van der Waals surface area contributed by atoms with Crippen molar-refractivity contribution in [3.63, 3.8) is 0 Å². The first-order valence-electron chi connectivity index (χ1n) is 13.1. The van der Waals surface area contributed by atoms with Crippen LogP contribution in [0.2, 0.25) is 0 Å². The van der Waals surface area contributed by atoms with Crippen molar-refractivity contribution >= 4 is 16.9 Å². The highest BCUT2D eigenvalue weighted by molar-refractivity contribution is 5.89. The molecule has 214 valence electrons. The third kappa shape index (κ3) is 6.48. The number of hydrogen-bond donors (Lipinski definition) is 1. The van der Waals surface area contributed by atoms with Gasteiger partial charge in [0.15, 0.2) is 5.82 Å². The maximum atomic E-state index is 5.97. The number of ether oxygens (including phenoxy) is 6. The smallest absolute Gasteiger partial charge is 0.260 e. The topological polar surface area (TPSA) is 113 Å². The quantitative estimate of drug-likeness (QED) is 0.232. The van der Waals surface area contributed by atoms with Crippen LogP contribution in [-0.4, -0.2) is 61.3 Å². The fraction of sp³-hybridized carbons (Fsp3) is 0.414. The van der Waals surface area contributed by atoms with E-state index in [1.54, 1.807) is 28.4 Å². The van der Waals surface area contributed by atoms with E-state index < -0.39 is 0 Å². The Kier molecular flexibility index (Phi) is 9.49. The molecular weight excluding hydrogens is 514 g/mol. The third-order valence-corrected chi connectivity index (χ3v) is 6.21. The van der Waals surface area contributed by atoms with Gasteiger partial charge in [-0.25, -0.2) is 4.98 Å². The minimum Gasteiger partial charge on any atom is -0.497 e. The highest BCUT2D eigenvalue weighted by Crippen LogP contribution is 2.34. The Morgan fingerprint density at radius 3 is 1.93 bits per heavy atom. The number of imidazole rings is 1. The molecule has 0 radical (unpaired) electrons. The highest BCUT2D eigenvalue weighted by Gasteiger charge is 2.23. The molecule has 2 aromatic carbocycles. The molecule has 0 unspecified atom stereocenters. The van der Waals surface area contributed by atoms with Crippen LogP contribution in [0.3, 0.4) is 0 Å². The third-order valence-electron chi connectivity index (χ3n) is 6.21. The van der Waals surface area contributed by atoms with Gasteiger partial charge >= 0.3 is 0 Å². The van der Waals surface area contributed by atoms with Gasteiger partial charge in [0, 0.05) is 43.0 Å². The molecule has 0 bridgehead atoms. The van der Waals surface area contributed by atoms with Crippen LogP contribution >= 0.6 is 0 Å². The Bertz CT molecular complexity index is 1370. The predicted octanol–water partition coefficient (Wildman–Crippen LogP) is 4.92. The number of benzene rings is 2. The van der Waals surface area contributed by atoms with Gasteiger partial charge < -0.3 is 38.3 Å². The van der Waals surface area contributed by atoms with Crippen LogP contribution in [0.15, 0.2) is 36.4 Å². The maximum absolute atomic E-state index is 5.97. The van der Waals surface area contributed by atoms with Crippen molar-refractivity contribution in [1.29, 1.82) is 0 Å². The monoisotopic (exact) mass is 551 g/mol. The molecule has 0 atom stereocenters. The molecule has 4 rings (SSSR count). The fourth-order valence-electron chi connectivity index (χ4n) is 4.30. The molecule has 4 aromatic rings. The van der Waals surface area contributed by atoms with E-state index in [1.165, 1.54) is 0 Å². The zero-order valence-electron chi connectivity index (χ0n) is 24.1. The van der Waals surface area contributed by atoms with Crippen molar-refractivity contribution in [2.45, 2.75) is 46.6 Å². The number of nitrogens with zero attached hydrogens (tertiary/aromatic N) is 4. The summed E-state index contributed by atoms with van der Waals surface area (Å²) in [6.07, 6.45) is -0.0924. The van der Waals surface area contributed by atoms with E-state index >= 15 is 0 Å². The number of nitrogens with one attached hydrogen (secondary N) is 1. The van der Waals surface area contributed by atoms with Crippen molar-refractivity contribution in [2.24, 2.45) is 0 Å². The Morgan fingerprint density at radius 1 is 0.825 bits per heavy atom. The first-order valence-corrected chi connectivity index (χ1v) is 13.1. The molecule has 0 fully saturated rings. The predicted molar refractivity (Wildman–Crippen MR) is 152 cm³/mol. The second-order valence-electron chi connectivity index (χ2n) is 9.25. The van der Waals surface area contributed by atoms with Crippen molar-refractivity contribution in [3.8, 4) is 28.9 Å². The lowest BCUT2D eigenvalue weighted by atomic mass is 10.1. The van der Waals surface area contributed by atoms with Crippen molar-refractivity contribution in [1.82, 2.24) is 20.2 Å². The van der Waals surface area contributed by atoms with Gasteiger partial charge in [-0.1, -0.05) is 0 Å². The summed E-state index contributed by atoms with van der Waals surface area (Å²) in [5.74, 6) is 4.39. The van der Waals surface area contributed by atoms with Gasteiger partial charge in [0.25, 0.3) is 5.88 Å². The standard InChI is InChI=1S/C29H37N5O6/c1-8-39-17-25-30-26-27(31-25)29(40-18(2)3)33-32-28(26)34(15-19-9-11-21(35-4)13-23(19)37-6)16-20-10-12-22(36-5)14-24(20)38-7/h9-14,18H,8,15-17H2,1-7H3,(H,30,31). The zero-order chi connectivity index (χ0) is 28.6. The SMILES string of the molecule is CCOCc1nc2c(N(Cc3ccc(OC)cc3OC)Cc3ccc(OC)cc3OC)nnc(OC(C)C)c2[nH]1. The number of aromatic amines is 1. The largest absolute Gasteiger partial charge is 0.497 e. The van der Waals surface area contributed by atoms with Crippen LogP contribution in [0.1, 0.15) is 37.7 Å². The Morgan fingerprint density at radius 2 is 1.43 bits per heavy atom. The lowest BCUT2D eigenvalue weighted by Crippen LogP contribution is -2.25. The Hall–Kier alpha value is -4.25. The Balaban J connectivity index is 1.85. The van der Waals surface area contributed by atoms with Crippen LogP contribution < -0.4 is 28.6 Å². The van der Waals surface area contributed by atoms with E-state index in [-0.39, 0.29) is 6.10 Å². The molecule has 40 heavy (non-hydrogen) atoms. The number of aromatic nitrogens is 4. The van der Waals surface area contributed by atoms with Gasteiger partial charge in [-0.2, -0.15) is 0 Å². The fourth-order valence-corrected chi connectivity index (χ4v) is 4.30. The molecule has 2 aromatic heterocycles. The van der Waals surface area contributed by atoms with E-state index in [0.29, 0.717) is 77.9 Å². The summed E-state index contributed by atoms with van der Waals surface area (Å²) in [5.41, 5.74) is 3.14. The molecule has 0 aliphatic heterocycles. The van der Waals surface area contributed by atoms with E-state index in [2.05, 4.69) is 20.1 Å². The van der Waals surface area contributed by atoms with Crippen molar-refractivity contribution in [3.05, 3.63) is 53.3 Å². The van der Waals surface area contributed by atoms with Gasteiger partial charge in [0.05, 0.1) is 34.5 Å². The summed E-state index contributed by atoms with van der Waals surface area (Å²) in [7, 11) is 6.53. The van der Waals surface area contributed by atoms with Crippen LogP contribution in [0.25, 0.3) is 11.0 Å². The highest BCUT2D eigenvalue weighted by atomic mass is 16.5. The zero-order valence-corrected chi connectivity index (χ0v) is 24.1. The summed E-state index contributed by atoms with van der Waals surface area (Å²) in [6, 6.07) is 11.5. The molecule has 0 saturated heterocycles. The average Bonchev–Trinajstić information content (AvgIpc) is 3.40. The Labute approximate surface area is 234 Å². The molecule has 0 amide bonds. The van der Waals surface area contributed by atoms with Crippen molar-refractivity contribution in [2.75, 3.05) is 39.9 Å². The van der Waals surface area contributed by atoms with Crippen LogP contribution in [-0.2, 0) is 24.4 Å². The number of H-pyrrole nitrogens is 1. The maximum Gasteiger partial charge on any atom is 0.260 e. The summed E-state index contributed by atoms with van der Waals surface area (Å²) >= 11 is 0. The summed E-state index contributed by atoms with van der Waals surface area (Å²) in [5, 5.41) is 9.08. The number of rotatable bonds is 14. The minimum absolute atomic E-state index is 0.0924. The number of fused-ring (bicyclic) bond motifs is 1. The molecule has 2 heterocycles. The molecule has 0 aliphatic carbocycles. The van der Waals surface area contributed by atoms with Gasteiger partial charge in [0.1, 0.15) is 46.5 Å². The molecule has 1 N–H and O–H groups in total. The van der Waals surface area contributed by atoms with Crippen LogP contribution in [0.5, 0.6) is 28.9 Å². The van der Waals surface area contributed by atoms with Crippen molar-refractivity contribution < 1.29 is 28.4 Å². The van der Waals surface area contributed by atoms with E-state index in [0.717, 1.165) is 11.1 Å². The minimum atomic E-state index is -0.0924. The van der Waals surface area contributed by atoms with Gasteiger partial charge in [0.2, 0.25) is 0 Å². The van der Waals surface area contributed by atoms with Gasteiger partial charge in [-0.05, 0) is 45.0 Å². The average molecular weight is 552 g/mol. The van der Waals surface area contributed by atoms with E-state index in [1.807, 2.05) is 57.2 Å². The molecule has 0 aliphatic rings. The lowest BCUT2D eigenvalue weighted by molar-refractivity contribution is 0.129. The summed E-state index contributed by atoms with van der Waals surface area (Å²) < 4.78 is 33.8. The summed E-state index contributed by atoms with van der Waals surface area (Å²) in [4.78, 5) is 10.3. The molecule has 0 spiro atoms. The van der Waals surface area contributed by atoms with E-state index in [4.69, 9.17) is 33.4 Å². The second-order valence-corrected chi connectivity index (χ2v) is 9.25. The van der Waals surface area contributed by atoms with Gasteiger partial charge in [-0.15, -0.1) is 10.2 Å². The molecule has 0 saturated carbocycles. The number of hydrogen-bond acceptors (Lipinski definition) is 10. The number of methoxy groups -OCH3 is 4. The first-order chi connectivity index (χ1) is 19.4. The normalized spacial score (nSPS) is 11.1. The molecule has 11 heteroatoms. The van der Waals surface area contributed by atoms with Gasteiger partial charge in [-0.3, -0.25) is 0 Å². The van der Waals surface area contributed by atoms with E-state index in [9.17, 15) is 0 Å². The lowest BCUT2D eigenvalue weighted by Gasteiger charge is -2.26. The second kappa shape index (κ2) is 13.2. The number of anilines is 1. The van der Waals surface area contributed by atoms with Crippen LogP contribution in [0.4, 0.5) is 5.82 Å². The van der Waals surface area contributed by atoms with Crippen LogP contribution in [0, 0.1) is 0 Å². The first kappa shape index (κ1) is 28.8. The molecule has 11 nitrogen and oxygen atoms in total.